The summed E-state index contributed by atoms with van der Waals surface area (Å²) < 4.78 is 5.77. The van der Waals surface area contributed by atoms with Gasteiger partial charge in [-0.1, -0.05) is 0 Å². The summed E-state index contributed by atoms with van der Waals surface area (Å²) >= 11 is 0. The van der Waals surface area contributed by atoms with Crippen molar-refractivity contribution in [2.45, 2.75) is 45.3 Å². The number of nitrogens with two attached hydrogens (primary N) is 1. The number of carbonyl (C=O) groups is 1. The number of hydrogen-bond acceptors (Lipinski definition) is 4. The molecule has 23 heavy (non-hydrogen) atoms. The quantitative estimate of drug-likeness (QED) is 0.836. The zero-order chi connectivity index (χ0) is 16.6. The zero-order valence-electron chi connectivity index (χ0n) is 13.9. The van der Waals surface area contributed by atoms with Crippen LogP contribution in [0.5, 0.6) is 0 Å². The van der Waals surface area contributed by atoms with E-state index in [1.54, 1.807) is 12.1 Å². The van der Waals surface area contributed by atoms with E-state index in [0.717, 1.165) is 24.8 Å². The number of likely N-dealkylation sites (tertiary alicyclic amines) is 1. The van der Waals surface area contributed by atoms with Gasteiger partial charge in [0.2, 0.25) is 0 Å². The third kappa shape index (κ3) is 2.72. The average Bonchev–Trinajstić information content (AvgIpc) is 2.57. The molecule has 5 nitrogen and oxygen atoms in total. The number of benzene rings is 1. The van der Waals surface area contributed by atoms with Crippen molar-refractivity contribution in [3.63, 3.8) is 0 Å². The minimum atomic E-state index is -0.296. The summed E-state index contributed by atoms with van der Waals surface area (Å²) in [6.07, 6.45) is 2.17. The lowest BCUT2D eigenvalue weighted by atomic mass is 9.58. The van der Waals surface area contributed by atoms with Gasteiger partial charge < -0.3 is 20.5 Å². The predicted molar refractivity (Wildman–Crippen MR) is 89.2 cm³/mol. The topological polar surface area (TPSA) is 75.8 Å². The molecular weight excluding hydrogens is 292 g/mol. The Hall–Kier alpha value is -1.59. The molecule has 1 heterocycles. The van der Waals surface area contributed by atoms with E-state index in [9.17, 15) is 9.90 Å². The molecule has 1 saturated carbocycles. The van der Waals surface area contributed by atoms with Gasteiger partial charge in [0.15, 0.2) is 0 Å². The molecule has 126 valence electrons. The van der Waals surface area contributed by atoms with Crippen LogP contribution in [0.15, 0.2) is 18.2 Å². The van der Waals surface area contributed by atoms with Crippen molar-refractivity contribution in [1.29, 1.82) is 0 Å². The zero-order valence-corrected chi connectivity index (χ0v) is 13.9. The second-order valence-electron chi connectivity index (χ2n) is 6.79. The first-order valence-electron chi connectivity index (χ1n) is 8.43. The molecule has 1 spiro atoms. The highest BCUT2D eigenvalue weighted by Gasteiger charge is 2.56. The second-order valence-corrected chi connectivity index (χ2v) is 6.79. The Morgan fingerprint density at radius 2 is 2.13 bits per heavy atom. The molecule has 2 fully saturated rings. The van der Waals surface area contributed by atoms with E-state index in [-0.39, 0.29) is 23.5 Å². The molecule has 2 aliphatic rings. The van der Waals surface area contributed by atoms with Crippen molar-refractivity contribution in [3.8, 4) is 0 Å². The van der Waals surface area contributed by atoms with Crippen LogP contribution in [-0.4, -0.2) is 47.8 Å². The van der Waals surface area contributed by atoms with Crippen LogP contribution in [0.4, 0.5) is 5.69 Å². The Balaban J connectivity index is 1.66. The standard InChI is InChI=1S/C18H26N2O3/c1-3-23-16-11-15(21)18(16)6-8-20(9-7-18)17(22)13-4-5-14(19)12(2)10-13/h4-5,10,15-16,21H,3,6-9,11,19H2,1-2H3. The minimum absolute atomic E-state index is 0.0460. The lowest BCUT2D eigenvalue weighted by Crippen LogP contribution is -2.62. The molecule has 1 aromatic rings. The van der Waals surface area contributed by atoms with Crippen LogP contribution in [0.2, 0.25) is 0 Å². The summed E-state index contributed by atoms with van der Waals surface area (Å²) in [5.41, 5.74) is 7.99. The summed E-state index contributed by atoms with van der Waals surface area (Å²) in [6, 6.07) is 5.42. The van der Waals surface area contributed by atoms with Crippen LogP contribution >= 0.6 is 0 Å². The third-order valence-corrected chi connectivity index (χ3v) is 5.61. The van der Waals surface area contributed by atoms with Gasteiger partial charge in [-0.3, -0.25) is 4.79 Å². The van der Waals surface area contributed by atoms with Gasteiger partial charge in [-0.2, -0.15) is 0 Å². The maximum atomic E-state index is 12.7. The molecule has 5 heteroatoms. The van der Waals surface area contributed by atoms with Crippen LogP contribution in [0.1, 0.15) is 42.1 Å². The maximum Gasteiger partial charge on any atom is 0.253 e. The largest absolute Gasteiger partial charge is 0.399 e. The van der Waals surface area contributed by atoms with E-state index >= 15 is 0 Å². The van der Waals surface area contributed by atoms with Crippen LogP contribution in [0.25, 0.3) is 0 Å². The summed E-state index contributed by atoms with van der Waals surface area (Å²) in [6.45, 7) is 5.91. The smallest absolute Gasteiger partial charge is 0.253 e. The maximum absolute atomic E-state index is 12.7. The Morgan fingerprint density at radius 1 is 1.43 bits per heavy atom. The van der Waals surface area contributed by atoms with Gasteiger partial charge >= 0.3 is 0 Å². The van der Waals surface area contributed by atoms with E-state index in [4.69, 9.17) is 10.5 Å². The van der Waals surface area contributed by atoms with Crippen molar-refractivity contribution < 1.29 is 14.6 Å². The second kappa shape index (κ2) is 6.13. The number of piperidine rings is 1. The number of hydrogen-bond donors (Lipinski definition) is 2. The number of aryl methyl sites for hydroxylation is 1. The molecular formula is C18H26N2O3. The number of aliphatic hydroxyl groups is 1. The van der Waals surface area contributed by atoms with Gasteiger partial charge in [0.05, 0.1) is 12.2 Å². The highest BCUT2D eigenvalue weighted by Crippen LogP contribution is 2.51. The lowest BCUT2D eigenvalue weighted by Gasteiger charge is -2.56. The predicted octanol–water partition coefficient (Wildman–Crippen LogP) is 1.97. The normalized spacial score (nSPS) is 26.1. The van der Waals surface area contributed by atoms with Gasteiger partial charge in [0.1, 0.15) is 0 Å². The molecule has 0 aromatic heterocycles. The Morgan fingerprint density at radius 3 is 2.70 bits per heavy atom. The monoisotopic (exact) mass is 318 g/mol. The molecule has 1 aliphatic heterocycles. The lowest BCUT2D eigenvalue weighted by molar-refractivity contribution is -0.207. The molecule has 0 bridgehead atoms. The van der Waals surface area contributed by atoms with E-state index in [2.05, 4.69) is 0 Å². The number of aliphatic hydroxyl groups excluding tert-OH is 1. The fourth-order valence-corrected chi connectivity index (χ4v) is 3.93. The number of amides is 1. The van der Waals surface area contributed by atoms with Crippen molar-refractivity contribution in [2.24, 2.45) is 5.41 Å². The molecule has 1 aliphatic carbocycles. The van der Waals surface area contributed by atoms with Crippen LogP contribution in [0, 0.1) is 12.3 Å². The Bertz CT molecular complexity index is 592. The summed E-state index contributed by atoms with van der Waals surface area (Å²) in [7, 11) is 0. The molecule has 1 saturated heterocycles. The van der Waals surface area contributed by atoms with Gasteiger partial charge in [-0.25, -0.2) is 0 Å². The third-order valence-electron chi connectivity index (χ3n) is 5.61. The van der Waals surface area contributed by atoms with E-state index < -0.39 is 0 Å². The van der Waals surface area contributed by atoms with Gasteiger partial charge in [0.25, 0.3) is 5.91 Å². The number of anilines is 1. The van der Waals surface area contributed by atoms with Crippen molar-refractivity contribution in [3.05, 3.63) is 29.3 Å². The Kier molecular flexibility index (Phi) is 4.34. The number of carbonyl (C=O) groups excluding carboxylic acids is 1. The van der Waals surface area contributed by atoms with E-state index in [1.165, 1.54) is 0 Å². The Labute approximate surface area is 137 Å². The van der Waals surface area contributed by atoms with Crippen LogP contribution < -0.4 is 5.73 Å². The molecule has 1 amide bonds. The summed E-state index contributed by atoms with van der Waals surface area (Å²) in [4.78, 5) is 14.5. The molecule has 3 rings (SSSR count). The first-order chi connectivity index (χ1) is 11.0. The van der Waals surface area contributed by atoms with E-state index in [0.29, 0.717) is 30.9 Å². The number of ether oxygens (including phenoxy) is 1. The van der Waals surface area contributed by atoms with Crippen molar-refractivity contribution in [1.82, 2.24) is 4.90 Å². The SMILES string of the molecule is CCOC1CC(O)C12CCN(C(=O)c1ccc(N)c(C)c1)CC2. The first kappa shape index (κ1) is 16.3. The summed E-state index contributed by atoms with van der Waals surface area (Å²) in [5.74, 6) is 0.0460. The van der Waals surface area contributed by atoms with Gasteiger partial charge in [-0.15, -0.1) is 0 Å². The van der Waals surface area contributed by atoms with Crippen molar-refractivity contribution >= 4 is 11.6 Å². The van der Waals surface area contributed by atoms with Crippen LogP contribution in [-0.2, 0) is 4.74 Å². The number of nitrogens with zero attached hydrogens (tertiary/aromatic N) is 1. The van der Waals surface area contributed by atoms with Gasteiger partial charge in [0, 0.05) is 42.8 Å². The minimum Gasteiger partial charge on any atom is -0.399 e. The van der Waals surface area contributed by atoms with Crippen molar-refractivity contribution in [2.75, 3.05) is 25.4 Å². The fraction of sp³-hybridized carbons (Fsp3) is 0.611. The highest BCUT2D eigenvalue weighted by atomic mass is 16.5. The summed E-state index contributed by atoms with van der Waals surface area (Å²) in [5, 5.41) is 10.2. The first-order valence-corrected chi connectivity index (χ1v) is 8.43. The van der Waals surface area contributed by atoms with Gasteiger partial charge in [-0.05, 0) is 50.5 Å². The highest BCUT2D eigenvalue weighted by molar-refractivity contribution is 5.95. The molecule has 2 atom stereocenters. The average molecular weight is 318 g/mol. The van der Waals surface area contributed by atoms with Crippen LogP contribution in [0.3, 0.4) is 0 Å². The molecule has 0 radical (unpaired) electrons. The molecule has 1 aromatic carbocycles. The molecule has 3 N–H and O–H groups in total. The van der Waals surface area contributed by atoms with E-state index in [1.807, 2.05) is 24.8 Å². The molecule has 2 unspecified atom stereocenters. The number of rotatable bonds is 3. The fourth-order valence-electron chi connectivity index (χ4n) is 3.93. The number of nitrogen functional groups attached to an aromatic ring is 1.